The van der Waals surface area contributed by atoms with Gasteiger partial charge < -0.3 is 16.6 Å². The highest BCUT2D eigenvalue weighted by atomic mass is 16.4. The Kier molecular flexibility index (Phi) is 2.25. The third-order valence-corrected chi connectivity index (χ3v) is 1.95. The number of rotatable bonds is 2. The highest BCUT2D eigenvalue weighted by Gasteiger charge is 2.29. The van der Waals surface area contributed by atoms with Crippen molar-refractivity contribution >= 4 is 11.7 Å². The van der Waals surface area contributed by atoms with Gasteiger partial charge in [0.15, 0.2) is 0 Å². The van der Waals surface area contributed by atoms with Gasteiger partial charge in [-0.2, -0.15) is 0 Å². The first-order valence-electron chi connectivity index (χ1n) is 3.83. The van der Waals surface area contributed by atoms with Crippen molar-refractivity contribution in [3.8, 4) is 0 Å². The Hall–Kier alpha value is -1.55. The number of hydrogen-bond acceptors (Lipinski definition) is 3. The summed E-state index contributed by atoms with van der Waals surface area (Å²) in [6, 6.07) is 6.49. The second-order valence-electron chi connectivity index (χ2n) is 3.13. The predicted molar refractivity (Wildman–Crippen MR) is 50.0 cm³/mol. The van der Waals surface area contributed by atoms with Gasteiger partial charge >= 0.3 is 5.97 Å². The molecule has 0 saturated carbocycles. The number of benzene rings is 1. The first-order chi connectivity index (χ1) is 5.94. The summed E-state index contributed by atoms with van der Waals surface area (Å²) in [5.74, 6) is -1.06. The van der Waals surface area contributed by atoms with Gasteiger partial charge in [0.2, 0.25) is 0 Å². The molecule has 4 heteroatoms. The highest BCUT2D eigenvalue weighted by molar-refractivity contribution is 5.80. The number of hydrogen-bond donors (Lipinski definition) is 3. The molecule has 70 valence electrons. The van der Waals surface area contributed by atoms with Crippen molar-refractivity contribution in [3.63, 3.8) is 0 Å². The smallest absolute Gasteiger partial charge is 0.328 e. The van der Waals surface area contributed by atoms with E-state index in [1.807, 2.05) is 0 Å². The van der Waals surface area contributed by atoms with E-state index in [4.69, 9.17) is 16.6 Å². The zero-order valence-electron chi connectivity index (χ0n) is 7.32. The Bertz CT molecular complexity index is 317. The van der Waals surface area contributed by atoms with Crippen LogP contribution in [-0.4, -0.2) is 11.1 Å². The Labute approximate surface area is 76.2 Å². The normalized spacial score (nSPS) is 14.9. The first-order valence-corrected chi connectivity index (χ1v) is 3.83. The monoisotopic (exact) mass is 180 g/mol. The Morgan fingerprint density at radius 2 is 1.85 bits per heavy atom. The van der Waals surface area contributed by atoms with Crippen molar-refractivity contribution in [2.75, 3.05) is 5.73 Å². The van der Waals surface area contributed by atoms with Crippen LogP contribution in [0.15, 0.2) is 24.3 Å². The van der Waals surface area contributed by atoms with Gasteiger partial charge in [0.1, 0.15) is 5.54 Å². The molecule has 13 heavy (non-hydrogen) atoms. The molecule has 0 bridgehead atoms. The molecule has 0 aliphatic carbocycles. The van der Waals surface area contributed by atoms with Crippen LogP contribution in [0.4, 0.5) is 5.69 Å². The van der Waals surface area contributed by atoms with Gasteiger partial charge in [-0.05, 0) is 24.6 Å². The van der Waals surface area contributed by atoms with E-state index in [1.165, 1.54) is 6.92 Å². The topological polar surface area (TPSA) is 89.3 Å². The summed E-state index contributed by atoms with van der Waals surface area (Å²) >= 11 is 0. The number of carbonyl (C=O) groups is 1. The zero-order valence-corrected chi connectivity index (χ0v) is 7.32. The predicted octanol–water partition coefficient (Wildman–Crippen LogP) is 0.527. The molecular formula is C9H12N2O2. The van der Waals surface area contributed by atoms with Gasteiger partial charge in [0.05, 0.1) is 0 Å². The van der Waals surface area contributed by atoms with Crippen LogP contribution in [0.25, 0.3) is 0 Å². The van der Waals surface area contributed by atoms with Crippen molar-refractivity contribution in [3.05, 3.63) is 29.8 Å². The van der Waals surface area contributed by atoms with Crippen LogP contribution in [0.3, 0.4) is 0 Å². The molecule has 0 aliphatic heterocycles. The summed E-state index contributed by atoms with van der Waals surface area (Å²) in [5, 5.41) is 8.81. The summed E-state index contributed by atoms with van der Waals surface area (Å²) in [5.41, 5.74) is 10.8. The molecule has 0 aromatic heterocycles. The lowest BCUT2D eigenvalue weighted by Gasteiger charge is -2.19. The summed E-state index contributed by atoms with van der Waals surface area (Å²) in [6.45, 7) is 1.45. The van der Waals surface area contributed by atoms with E-state index in [2.05, 4.69) is 0 Å². The molecule has 5 N–H and O–H groups in total. The fourth-order valence-corrected chi connectivity index (χ4v) is 0.953. The number of anilines is 1. The Balaban J connectivity index is 3.08. The largest absolute Gasteiger partial charge is 0.480 e. The van der Waals surface area contributed by atoms with Crippen molar-refractivity contribution in [1.29, 1.82) is 0 Å². The molecule has 1 atom stereocenters. The molecule has 0 spiro atoms. The van der Waals surface area contributed by atoms with Crippen LogP contribution in [0.5, 0.6) is 0 Å². The Morgan fingerprint density at radius 1 is 1.38 bits per heavy atom. The van der Waals surface area contributed by atoms with E-state index >= 15 is 0 Å². The molecule has 0 unspecified atom stereocenters. The fraction of sp³-hybridized carbons (Fsp3) is 0.222. The van der Waals surface area contributed by atoms with Crippen molar-refractivity contribution in [1.82, 2.24) is 0 Å². The van der Waals surface area contributed by atoms with Crippen LogP contribution < -0.4 is 11.5 Å². The van der Waals surface area contributed by atoms with Crippen molar-refractivity contribution in [2.45, 2.75) is 12.5 Å². The lowest BCUT2D eigenvalue weighted by molar-refractivity contribution is -0.143. The molecule has 0 amide bonds. The van der Waals surface area contributed by atoms with Crippen LogP contribution in [0.1, 0.15) is 12.5 Å². The Morgan fingerprint density at radius 3 is 2.23 bits per heavy atom. The minimum absolute atomic E-state index is 0.536. The maximum absolute atomic E-state index is 10.8. The van der Waals surface area contributed by atoms with Gasteiger partial charge in [-0.1, -0.05) is 12.1 Å². The van der Waals surface area contributed by atoms with Crippen molar-refractivity contribution in [2.24, 2.45) is 5.73 Å². The average molecular weight is 180 g/mol. The van der Waals surface area contributed by atoms with E-state index < -0.39 is 11.5 Å². The van der Waals surface area contributed by atoms with Crippen molar-refractivity contribution < 1.29 is 9.90 Å². The molecule has 1 rings (SSSR count). The van der Waals surface area contributed by atoms with E-state index in [-0.39, 0.29) is 0 Å². The van der Waals surface area contributed by atoms with E-state index in [0.717, 1.165) is 0 Å². The molecule has 1 aromatic carbocycles. The van der Waals surface area contributed by atoms with E-state index in [9.17, 15) is 4.79 Å². The number of carboxylic acids is 1. The lowest BCUT2D eigenvalue weighted by Crippen LogP contribution is -2.41. The summed E-state index contributed by atoms with van der Waals surface area (Å²) < 4.78 is 0. The second kappa shape index (κ2) is 3.06. The molecule has 0 saturated heterocycles. The SMILES string of the molecule is C[C@](N)(C(=O)O)c1ccc(N)cc1. The summed E-state index contributed by atoms with van der Waals surface area (Å²) in [7, 11) is 0. The average Bonchev–Trinajstić information content (AvgIpc) is 2.04. The molecular weight excluding hydrogens is 168 g/mol. The molecule has 4 nitrogen and oxygen atoms in total. The molecule has 1 aromatic rings. The fourth-order valence-electron chi connectivity index (χ4n) is 0.953. The van der Waals surface area contributed by atoms with E-state index in [1.54, 1.807) is 24.3 Å². The maximum Gasteiger partial charge on any atom is 0.328 e. The number of aliphatic carboxylic acids is 1. The molecule has 0 heterocycles. The minimum Gasteiger partial charge on any atom is -0.480 e. The molecule has 0 fully saturated rings. The third kappa shape index (κ3) is 1.78. The number of nitrogens with two attached hydrogens (primary N) is 2. The van der Waals surface area contributed by atoms with Gasteiger partial charge in [0, 0.05) is 5.69 Å². The van der Waals surface area contributed by atoms with Gasteiger partial charge in [0.25, 0.3) is 0 Å². The zero-order chi connectivity index (χ0) is 10.1. The highest BCUT2D eigenvalue weighted by Crippen LogP contribution is 2.18. The van der Waals surface area contributed by atoms with Crippen LogP contribution in [0, 0.1) is 0 Å². The standard InChI is InChI=1S/C9H12N2O2/c1-9(11,8(12)13)6-2-4-7(10)5-3-6/h2-5H,10-11H2,1H3,(H,12,13)/t9-/m1/s1. The maximum atomic E-state index is 10.8. The molecule has 0 aliphatic rings. The van der Waals surface area contributed by atoms with Crippen LogP contribution >= 0.6 is 0 Å². The number of nitrogen functional groups attached to an aromatic ring is 1. The third-order valence-electron chi connectivity index (χ3n) is 1.95. The second-order valence-corrected chi connectivity index (χ2v) is 3.13. The van der Waals surface area contributed by atoms with Gasteiger partial charge in [-0.3, -0.25) is 0 Å². The van der Waals surface area contributed by atoms with E-state index in [0.29, 0.717) is 11.3 Å². The lowest BCUT2D eigenvalue weighted by atomic mass is 9.93. The van der Waals surface area contributed by atoms with Crippen LogP contribution in [0.2, 0.25) is 0 Å². The molecule has 0 radical (unpaired) electrons. The minimum atomic E-state index is -1.35. The number of carboxylic acid groups (broad SMARTS) is 1. The van der Waals surface area contributed by atoms with Crippen LogP contribution in [-0.2, 0) is 10.3 Å². The quantitative estimate of drug-likeness (QED) is 0.579. The first kappa shape index (κ1) is 9.54. The summed E-state index contributed by atoms with van der Waals surface area (Å²) in [6.07, 6.45) is 0. The van der Waals surface area contributed by atoms with Gasteiger partial charge in [-0.15, -0.1) is 0 Å². The van der Waals surface area contributed by atoms with Gasteiger partial charge in [-0.25, -0.2) is 4.79 Å². The summed E-state index contributed by atoms with van der Waals surface area (Å²) in [4.78, 5) is 10.8.